The van der Waals surface area contributed by atoms with E-state index in [-0.39, 0.29) is 11.9 Å². The second kappa shape index (κ2) is 7.28. The van der Waals surface area contributed by atoms with Crippen molar-refractivity contribution in [1.29, 1.82) is 0 Å². The molecule has 1 aromatic rings. The minimum Gasteiger partial charge on any atom is -0.383 e. The Morgan fingerprint density at radius 1 is 1.50 bits per heavy atom. The number of thiocarbonyl (C=S) groups is 1. The lowest BCUT2D eigenvalue weighted by Crippen LogP contribution is -2.43. The van der Waals surface area contributed by atoms with Crippen LogP contribution in [-0.2, 0) is 11.3 Å². The number of benzene rings is 1. The molecule has 1 aromatic carbocycles. The highest BCUT2D eigenvalue weighted by Crippen LogP contribution is 2.08. The van der Waals surface area contributed by atoms with Crippen molar-refractivity contribution in [1.82, 2.24) is 10.2 Å². The van der Waals surface area contributed by atoms with Crippen LogP contribution in [0.2, 0.25) is 0 Å². The lowest BCUT2D eigenvalue weighted by molar-refractivity contribution is 0.178. The van der Waals surface area contributed by atoms with Crippen molar-refractivity contribution < 1.29 is 9.13 Å². The van der Waals surface area contributed by atoms with Gasteiger partial charge >= 0.3 is 0 Å². The van der Waals surface area contributed by atoms with E-state index in [2.05, 4.69) is 5.32 Å². The highest BCUT2D eigenvalue weighted by Gasteiger charge is 2.10. The first kappa shape index (κ1) is 14.9. The van der Waals surface area contributed by atoms with Crippen LogP contribution < -0.4 is 5.32 Å². The van der Waals surface area contributed by atoms with Gasteiger partial charge in [0.2, 0.25) is 0 Å². The molecule has 0 heterocycles. The summed E-state index contributed by atoms with van der Waals surface area (Å²) < 4.78 is 18.5. The monoisotopic (exact) mass is 270 g/mol. The molecule has 18 heavy (non-hydrogen) atoms. The van der Waals surface area contributed by atoms with Crippen molar-refractivity contribution in [3.63, 3.8) is 0 Å². The van der Waals surface area contributed by atoms with E-state index < -0.39 is 0 Å². The van der Waals surface area contributed by atoms with Gasteiger partial charge in [0, 0.05) is 32.3 Å². The summed E-state index contributed by atoms with van der Waals surface area (Å²) in [6.45, 7) is 3.00. The predicted octanol–water partition coefficient (Wildman–Crippen LogP) is 2.17. The van der Waals surface area contributed by atoms with Crippen LogP contribution >= 0.6 is 12.2 Å². The van der Waals surface area contributed by atoms with Crippen LogP contribution in [0.1, 0.15) is 12.5 Å². The van der Waals surface area contributed by atoms with Crippen molar-refractivity contribution in [2.45, 2.75) is 19.5 Å². The van der Waals surface area contributed by atoms with Crippen LogP contribution in [0.25, 0.3) is 0 Å². The summed E-state index contributed by atoms with van der Waals surface area (Å²) >= 11 is 5.25. The van der Waals surface area contributed by atoms with Crippen molar-refractivity contribution in [3.8, 4) is 0 Å². The SMILES string of the molecule is COCC(C)NC(=S)N(C)Cc1ccccc1F. The molecule has 0 amide bonds. The molecule has 0 spiro atoms. The molecule has 1 N–H and O–H groups in total. The molecule has 0 aliphatic carbocycles. The Morgan fingerprint density at radius 3 is 2.78 bits per heavy atom. The molecular formula is C13H19FN2OS. The Balaban J connectivity index is 2.52. The van der Waals surface area contributed by atoms with Gasteiger partial charge in [-0.2, -0.15) is 0 Å². The van der Waals surface area contributed by atoms with Crippen LogP contribution in [0.4, 0.5) is 4.39 Å². The quantitative estimate of drug-likeness (QED) is 0.829. The minimum absolute atomic E-state index is 0.130. The van der Waals surface area contributed by atoms with Gasteiger partial charge in [-0.1, -0.05) is 18.2 Å². The second-order valence-electron chi connectivity index (χ2n) is 4.25. The maximum Gasteiger partial charge on any atom is 0.169 e. The zero-order chi connectivity index (χ0) is 13.5. The predicted molar refractivity (Wildman–Crippen MR) is 74.9 cm³/mol. The maximum atomic E-state index is 13.5. The molecule has 0 saturated heterocycles. The number of ether oxygens (including phenoxy) is 1. The first-order chi connectivity index (χ1) is 8.54. The molecule has 1 unspecified atom stereocenters. The van der Waals surface area contributed by atoms with Gasteiger partial charge < -0.3 is 15.0 Å². The topological polar surface area (TPSA) is 24.5 Å². The zero-order valence-corrected chi connectivity index (χ0v) is 11.8. The fraction of sp³-hybridized carbons (Fsp3) is 0.462. The van der Waals surface area contributed by atoms with Crippen LogP contribution in [0.5, 0.6) is 0 Å². The molecule has 5 heteroatoms. The first-order valence-corrected chi connectivity index (χ1v) is 6.19. The molecular weight excluding hydrogens is 251 g/mol. The molecule has 0 aliphatic heterocycles. The van der Waals surface area contributed by atoms with Gasteiger partial charge in [0.25, 0.3) is 0 Å². The van der Waals surface area contributed by atoms with E-state index in [1.54, 1.807) is 24.1 Å². The van der Waals surface area contributed by atoms with E-state index in [4.69, 9.17) is 17.0 Å². The van der Waals surface area contributed by atoms with Gasteiger partial charge in [-0.3, -0.25) is 0 Å². The molecule has 0 saturated carbocycles. The second-order valence-corrected chi connectivity index (χ2v) is 4.64. The van der Waals surface area contributed by atoms with Crippen molar-refractivity contribution in [2.24, 2.45) is 0 Å². The van der Waals surface area contributed by atoms with Crippen molar-refractivity contribution in [3.05, 3.63) is 35.6 Å². The summed E-state index contributed by atoms with van der Waals surface area (Å²) in [4.78, 5) is 1.81. The molecule has 0 radical (unpaired) electrons. The van der Waals surface area contributed by atoms with E-state index in [0.29, 0.717) is 23.8 Å². The number of methoxy groups -OCH3 is 1. The van der Waals surface area contributed by atoms with Gasteiger partial charge in [-0.25, -0.2) is 4.39 Å². The van der Waals surface area contributed by atoms with Gasteiger partial charge in [0.1, 0.15) is 5.82 Å². The fourth-order valence-electron chi connectivity index (χ4n) is 1.57. The van der Waals surface area contributed by atoms with E-state index in [9.17, 15) is 4.39 Å². The number of hydrogen-bond donors (Lipinski definition) is 1. The van der Waals surface area contributed by atoms with E-state index >= 15 is 0 Å². The average Bonchev–Trinajstić information content (AvgIpc) is 2.32. The number of nitrogens with one attached hydrogen (secondary N) is 1. The summed E-state index contributed by atoms with van der Waals surface area (Å²) in [6.07, 6.45) is 0. The molecule has 1 rings (SSSR count). The van der Waals surface area contributed by atoms with Crippen molar-refractivity contribution >= 4 is 17.3 Å². The van der Waals surface area contributed by atoms with E-state index in [1.807, 2.05) is 20.0 Å². The van der Waals surface area contributed by atoms with Crippen LogP contribution in [0.15, 0.2) is 24.3 Å². The van der Waals surface area contributed by atoms with Crippen LogP contribution in [-0.4, -0.2) is 36.8 Å². The third-order valence-electron chi connectivity index (χ3n) is 2.50. The normalized spacial score (nSPS) is 12.0. The Morgan fingerprint density at radius 2 is 2.17 bits per heavy atom. The zero-order valence-electron chi connectivity index (χ0n) is 10.9. The third kappa shape index (κ3) is 4.58. The smallest absolute Gasteiger partial charge is 0.169 e. The number of hydrogen-bond acceptors (Lipinski definition) is 2. The third-order valence-corrected chi connectivity index (χ3v) is 2.93. The van der Waals surface area contributed by atoms with Crippen LogP contribution in [0, 0.1) is 5.82 Å². The first-order valence-electron chi connectivity index (χ1n) is 5.78. The molecule has 100 valence electrons. The fourth-order valence-corrected chi connectivity index (χ4v) is 1.83. The highest BCUT2D eigenvalue weighted by atomic mass is 32.1. The lowest BCUT2D eigenvalue weighted by atomic mass is 10.2. The number of halogens is 1. The average molecular weight is 270 g/mol. The van der Waals surface area contributed by atoms with Gasteiger partial charge in [0.05, 0.1) is 6.61 Å². The highest BCUT2D eigenvalue weighted by molar-refractivity contribution is 7.80. The summed E-state index contributed by atoms with van der Waals surface area (Å²) in [5.74, 6) is -0.211. The largest absolute Gasteiger partial charge is 0.383 e. The van der Waals surface area contributed by atoms with Gasteiger partial charge in [0.15, 0.2) is 5.11 Å². The standard InChI is InChI=1S/C13H19FN2OS/c1-10(9-17-3)15-13(18)16(2)8-11-6-4-5-7-12(11)14/h4-7,10H,8-9H2,1-3H3,(H,15,18). The Hall–Kier alpha value is -1.20. The van der Waals surface area contributed by atoms with Crippen LogP contribution in [0.3, 0.4) is 0 Å². The van der Waals surface area contributed by atoms with E-state index in [1.165, 1.54) is 6.07 Å². The Kier molecular flexibility index (Phi) is 6.01. The molecule has 1 atom stereocenters. The summed E-state index contributed by atoms with van der Waals surface area (Å²) in [5, 5.41) is 3.72. The summed E-state index contributed by atoms with van der Waals surface area (Å²) in [7, 11) is 3.48. The minimum atomic E-state index is -0.211. The molecule has 3 nitrogen and oxygen atoms in total. The molecule has 0 fully saturated rings. The maximum absolute atomic E-state index is 13.5. The van der Waals surface area contributed by atoms with Gasteiger partial charge in [-0.15, -0.1) is 0 Å². The Labute approximate surface area is 113 Å². The number of nitrogens with zero attached hydrogens (tertiary/aromatic N) is 1. The Bertz CT molecular complexity index is 400. The lowest BCUT2D eigenvalue weighted by Gasteiger charge is -2.24. The molecule has 0 aromatic heterocycles. The van der Waals surface area contributed by atoms with E-state index in [0.717, 1.165) is 0 Å². The summed E-state index contributed by atoms with van der Waals surface area (Å²) in [6, 6.07) is 6.83. The summed E-state index contributed by atoms with van der Waals surface area (Å²) in [5.41, 5.74) is 0.628. The van der Waals surface area contributed by atoms with Crippen molar-refractivity contribution in [2.75, 3.05) is 20.8 Å². The number of rotatable bonds is 5. The molecule has 0 bridgehead atoms. The molecule has 0 aliphatic rings. The van der Waals surface area contributed by atoms with Gasteiger partial charge in [-0.05, 0) is 25.2 Å².